The van der Waals surface area contributed by atoms with E-state index in [9.17, 15) is 14.7 Å². The van der Waals surface area contributed by atoms with Crippen LogP contribution in [0, 0.1) is 5.92 Å². The van der Waals surface area contributed by atoms with Gasteiger partial charge in [-0.25, -0.2) is 4.79 Å². The molecule has 1 aliphatic rings. The van der Waals surface area contributed by atoms with Gasteiger partial charge in [0.2, 0.25) is 5.91 Å². The van der Waals surface area contributed by atoms with Crippen LogP contribution in [0.15, 0.2) is 0 Å². The first kappa shape index (κ1) is 14.0. The lowest BCUT2D eigenvalue weighted by molar-refractivity contribution is -0.147. The molecular weight excluding hydrogens is 220 g/mol. The van der Waals surface area contributed by atoms with E-state index in [0.717, 1.165) is 19.4 Å². The van der Waals surface area contributed by atoms with Crippen LogP contribution < -0.4 is 10.6 Å². The summed E-state index contributed by atoms with van der Waals surface area (Å²) in [5.74, 6) is -0.915. The molecule has 0 spiro atoms. The van der Waals surface area contributed by atoms with Crippen LogP contribution in [-0.4, -0.2) is 35.1 Å². The summed E-state index contributed by atoms with van der Waals surface area (Å²) in [7, 11) is 0. The highest BCUT2D eigenvalue weighted by Gasteiger charge is 2.38. The van der Waals surface area contributed by atoms with Gasteiger partial charge in [-0.05, 0) is 32.2 Å². The summed E-state index contributed by atoms with van der Waals surface area (Å²) in [6.45, 7) is 6.29. The first-order chi connectivity index (χ1) is 7.90. The largest absolute Gasteiger partial charge is 0.480 e. The van der Waals surface area contributed by atoms with Crippen LogP contribution in [0.1, 0.15) is 40.0 Å². The van der Waals surface area contributed by atoms with Crippen molar-refractivity contribution in [2.75, 3.05) is 6.54 Å². The Morgan fingerprint density at radius 1 is 1.53 bits per heavy atom. The van der Waals surface area contributed by atoms with Crippen molar-refractivity contribution >= 4 is 11.9 Å². The van der Waals surface area contributed by atoms with Crippen LogP contribution >= 0.6 is 0 Å². The normalized spacial score (nSPS) is 27.5. The molecule has 5 nitrogen and oxygen atoms in total. The molecule has 0 bridgehead atoms. The van der Waals surface area contributed by atoms with E-state index in [4.69, 9.17) is 0 Å². The van der Waals surface area contributed by atoms with E-state index in [2.05, 4.69) is 10.6 Å². The molecule has 0 aliphatic carbocycles. The summed E-state index contributed by atoms with van der Waals surface area (Å²) in [6.07, 6.45) is 2.11. The van der Waals surface area contributed by atoms with Gasteiger partial charge in [-0.15, -0.1) is 0 Å². The zero-order chi connectivity index (χ0) is 13.1. The molecule has 1 amide bonds. The molecule has 3 atom stereocenters. The van der Waals surface area contributed by atoms with Crippen molar-refractivity contribution in [1.82, 2.24) is 10.6 Å². The maximum atomic E-state index is 12.0. The number of hydrogen-bond donors (Lipinski definition) is 3. The molecule has 1 fully saturated rings. The highest BCUT2D eigenvalue weighted by molar-refractivity contribution is 5.89. The molecular formula is C12H22N2O3. The van der Waals surface area contributed by atoms with Gasteiger partial charge in [-0.1, -0.05) is 20.3 Å². The maximum absolute atomic E-state index is 12.0. The van der Waals surface area contributed by atoms with Crippen LogP contribution in [-0.2, 0) is 9.59 Å². The van der Waals surface area contributed by atoms with Gasteiger partial charge in [-0.3, -0.25) is 4.79 Å². The zero-order valence-corrected chi connectivity index (χ0v) is 10.7. The van der Waals surface area contributed by atoms with E-state index in [-0.39, 0.29) is 17.9 Å². The molecule has 98 valence electrons. The molecule has 0 aromatic carbocycles. The summed E-state index contributed by atoms with van der Waals surface area (Å²) in [4.78, 5) is 23.2. The van der Waals surface area contributed by atoms with Gasteiger partial charge in [0.05, 0.1) is 6.04 Å². The number of aliphatic carboxylic acids is 1. The third kappa shape index (κ3) is 3.19. The zero-order valence-electron chi connectivity index (χ0n) is 10.7. The molecule has 3 N–H and O–H groups in total. The number of nitrogens with one attached hydrogen (secondary N) is 2. The Hall–Kier alpha value is -1.10. The van der Waals surface area contributed by atoms with E-state index in [1.54, 1.807) is 6.92 Å². The molecule has 5 heteroatoms. The summed E-state index contributed by atoms with van der Waals surface area (Å²) >= 11 is 0. The minimum atomic E-state index is -1.16. The van der Waals surface area contributed by atoms with Crippen molar-refractivity contribution < 1.29 is 14.7 Å². The fraction of sp³-hybridized carbons (Fsp3) is 0.833. The average Bonchev–Trinajstić information content (AvgIpc) is 2.64. The number of carboxylic acids is 1. The number of carbonyl (C=O) groups excluding carboxylic acids is 1. The monoisotopic (exact) mass is 242 g/mol. The van der Waals surface area contributed by atoms with E-state index in [0.29, 0.717) is 6.42 Å². The second kappa shape index (κ2) is 5.49. The minimum Gasteiger partial charge on any atom is -0.480 e. The molecule has 0 radical (unpaired) electrons. The van der Waals surface area contributed by atoms with Gasteiger partial charge >= 0.3 is 5.97 Å². The number of carboxylic acid groups (broad SMARTS) is 1. The summed E-state index contributed by atoms with van der Waals surface area (Å²) in [5.41, 5.74) is -1.16. The van der Waals surface area contributed by atoms with Crippen molar-refractivity contribution in [3.63, 3.8) is 0 Å². The maximum Gasteiger partial charge on any atom is 0.329 e. The van der Waals surface area contributed by atoms with Crippen LogP contribution in [0.4, 0.5) is 0 Å². The van der Waals surface area contributed by atoms with E-state index in [1.165, 1.54) is 0 Å². The molecule has 0 aromatic rings. The summed E-state index contributed by atoms with van der Waals surface area (Å²) < 4.78 is 0. The fourth-order valence-corrected chi connectivity index (χ4v) is 2.26. The number of hydrogen-bond acceptors (Lipinski definition) is 3. The minimum absolute atomic E-state index is 0.201. The number of rotatable bonds is 5. The molecule has 17 heavy (non-hydrogen) atoms. The van der Waals surface area contributed by atoms with Crippen LogP contribution in [0.25, 0.3) is 0 Å². The van der Waals surface area contributed by atoms with Crippen molar-refractivity contribution in [1.29, 1.82) is 0 Å². The van der Waals surface area contributed by atoms with Gasteiger partial charge < -0.3 is 15.7 Å². The molecule has 1 aliphatic heterocycles. The van der Waals surface area contributed by atoms with Gasteiger partial charge in [0, 0.05) is 0 Å². The quantitative estimate of drug-likeness (QED) is 0.664. The lowest BCUT2D eigenvalue weighted by atomic mass is 9.94. The van der Waals surface area contributed by atoms with Gasteiger partial charge in [0.15, 0.2) is 0 Å². The summed E-state index contributed by atoms with van der Waals surface area (Å²) in [6, 6.07) is -0.259. The third-order valence-electron chi connectivity index (χ3n) is 3.44. The summed E-state index contributed by atoms with van der Waals surface area (Å²) in [5, 5.41) is 15.0. The van der Waals surface area contributed by atoms with Crippen molar-refractivity contribution in [2.45, 2.75) is 51.6 Å². The van der Waals surface area contributed by atoms with E-state index < -0.39 is 11.5 Å². The van der Waals surface area contributed by atoms with Crippen LogP contribution in [0.5, 0.6) is 0 Å². The molecule has 1 heterocycles. The Kier molecular flexibility index (Phi) is 4.51. The topological polar surface area (TPSA) is 78.4 Å². The second-order valence-corrected chi connectivity index (χ2v) is 5.07. The van der Waals surface area contributed by atoms with Gasteiger partial charge in [0.25, 0.3) is 0 Å². The molecule has 0 saturated carbocycles. The third-order valence-corrected chi connectivity index (χ3v) is 3.44. The van der Waals surface area contributed by atoms with Crippen molar-refractivity contribution in [3.05, 3.63) is 0 Å². The predicted octanol–water partition coefficient (Wildman–Crippen LogP) is 0.744. The first-order valence-electron chi connectivity index (χ1n) is 6.19. The fourth-order valence-electron chi connectivity index (χ4n) is 2.26. The molecule has 0 aromatic heterocycles. The molecule has 3 unspecified atom stereocenters. The number of carbonyl (C=O) groups is 2. The Morgan fingerprint density at radius 2 is 2.18 bits per heavy atom. The standard InChI is InChI=1S/C12H22N2O3/c1-4-6-12(3,11(16)17)14-10(15)9-8(2)5-7-13-9/h8-9,13H,4-7H2,1-3H3,(H,14,15)(H,16,17). The van der Waals surface area contributed by atoms with E-state index >= 15 is 0 Å². The average molecular weight is 242 g/mol. The Bertz CT molecular complexity index is 306. The second-order valence-electron chi connectivity index (χ2n) is 5.07. The highest BCUT2D eigenvalue weighted by Crippen LogP contribution is 2.18. The highest BCUT2D eigenvalue weighted by atomic mass is 16.4. The van der Waals surface area contributed by atoms with Gasteiger partial charge in [-0.2, -0.15) is 0 Å². The first-order valence-corrected chi connectivity index (χ1v) is 6.19. The van der Waals surface area contributed by atoms with E-state index in [1.807, 2.05) is 13.8 Å². The van der Waals surface area contributed by atoms with Crippen LogP contribution in [0.2, 0.25) is 0 Å². The van der Waals surface area contributed by atoms with Crippen molar-refractivity contribution in [3.8, 4) is 0 Å². The Morgan fingerprint density at radius 3 is 2.59 bits per heavy atom. The predicted molar refractivity (Wildman–Crippen MR) is 64.7 cm³/mol. The Labute approximate surface area is 102 Å². The van der Waals surface area contributed by atoms with Gasteiger partial charge in [0.1, 0.15) is 5.54 Å². The molecule has 1 rings (SSSR count). The smallest absolute Gasteiger partial charge is 0.329 e. The van der Waals surface area contributed by atoms with Crippen LogP contribution in [0.3, 0.4) is 0 Å². The van der Waals surface area contributed by atoms with Crippen molar-refractivity contribution in [2.24, 2.45) is 5.92 Å². The lowest BCUT2D eigenvalue weighted by Gasteiger charge is -2.28. The Balaban J connectivity index is 2.67. The molecule has 1 saturated heterocycles. The number of amides is 1. The SMILES string of the molecule is CCCC(C)(NC(=O)C1NCCC1C)C(=O)O. The lowest BCUT2D eigenvalue weighted by Crippen LogP contribution is -2.57.